The van der Waals surface area contributed by atoms with Gasteiger partial charge in [0.2, 0.25) is 0 Å². The number of halogens is 1. The maximum atomic E-state index is 11.6. The number of aromatic nitrogens is 1. The summed E-state index contributed by atoms with van der Waals surface area (Å²) >= 11 is 4.81. The highest BCUT2D eigenvalue weighted by molar-refractivity contribution is 9.11. The van der Waals surface area contributed by atoms with Crippen molar-refractivity contribution in [2.24, 2.45) is 11.8 Å². The lowest BCUT2D eigenvalue weighted by Gasteiger charge is -2.37. The molecule has 1 aliphatic rings. The van der Waals surface area contributed by atoms with E-state index in [1.165, 1.54) is 18.4 Å². The van der Waals surface area contributed by atoms with Crippen molar-refractivity contribution < 1.29 is 14.6 Å². The van der Waals surface area contributed by atoms with E-state index >= 15 is 0 Å². The van der Waals surface area contributed by atoms with Crippen LogP contribution in [0.5, 0.6) is 0 Å². The van der Waals surface area contributed by atoms with E-state index in [1.54, 1.807) is 6.20 Å². The minimum Gasteiger partial charge on any atom is -0.469 e. The van der Waals surface area contributed by atoms with Crippen LogP contribution in [-0.2, 0) is 15.1 Å². The lowest BCUT2D eigenvalue weighted by atomic mass is 9.72. The van der Waals surface area contributed by atoms with Gasteiger partial charge in [0.15, 0.2) is 0 Å². The molecule has 0 saturated heterocycles. The van der Waals surface area contributed by atoms with Gasteiger partial charge in [-0.25, -0.2) is 4.98 Å². The first-order valence-corrected chi connectivity index (χ1v) is 7.49. The van der Waals surface area contributed by atoms with E-state index in [4.69, 9.17) is 4.74 Å². The molecule has 1 aromatic rings. The van der Waals surface area contributed by atoms with E-state index in [-0.39, 0.29) is 17.8 Å². The van der Waals surface area contributed by atoms with Crippen molar-refractivity contribution in [3.8, 4) is 0 Å². The van der Waals surface area contributed by atoms with Crippen LogP contribution in [0.4, 0.5) is 0 Å². The first kappa shape index (κ1) is 14.0. The molecular weight excluding hydrogens is 318 g/mol. The normalized spacial score (nSPS) is 32.2. The topological polar surface area (TPSA) is 59.4 Å². The number of esters is 1. The van der Waals surface area contributed by atoms with Crippen LogP contribution < -0.4 is 0 Å². The summed E-state index contributed by atoms with van der Waals surface area (Å²) in [6.45, 7) is 1.98. The molecule has 1 fully saturated rings. The third kappa shape index (κ3) is 2.60. The van der Waals surface area contributed by atoms with Crippen LogP contribution in [0.1, 0.15) is 31.2 Å². The van der Waals surface area contributed by atoms with Gasteiger partial charge in [0, 0.05) is 0 Å². The van der Waals surface area contributed by atoms with Gasteiger partial charge in [0.1, 0.15) is 10.6 Å². The van der Waals surface area contributed by atoms with Gasteiger partial charge in [-0.2, -0.15) is 0 Å². The summed E-state index contributed by atoms with van der Waals surface area (Å²) in [6.07, 6.45) is 3.44. The van der Waals surface area contributed by atoms with Crippen LogP contribution in [0.2, 0.25) is 0 Å². The summed E-state index contributed by atoms with van der Waals surface area (Å²) < 4.78 is 5.71. The zero-order chi connectivity index (χ0) is 13.3. The van der Waals surface area contributed by atoms with Crippen LogP contribution >= 0.6 is 27.3 Å². The molecule has 100 valence electrons. The summed E-state index contributed by atoms with van der Waals surface area (Å²) in [6, 6.07) is 0. The average molecular weight is 334 g/mol. The van der Waals surface area contributed by atoms with Crippen molar-refractivity contribution in [1.82, 2.24) is 4.98 Å². The predicted octanol–water partition coefficient (Wildman–Crippen LogP) is 2.70. The first-order chi connectivity index (χ1) is 8.46. The Morgan fingerprint density at radius 3 is 2.94 bits per heavy atom. The standard InChI is InChI=1S/C12H16BrNO3S/c1-7-5-12(16,11-14-6-9(13)18-11)4-3-8(7)10(15)17-2/h6-8,16H,3-5H2,1-2H3/t7-,8-,12?/m1/s1. The summed E-state index contributed by atoms with van der Waals surface area (Å²) in [5.41, 5.74) is -0.902. The summed E-state index contributed by atoms with van der Waals surface area (Å²) in [5, 5.41) is 11.4. The maximum absolute atomic E-state index is 11.6. The van der Waals surface area contributed by atoms with Crippen LogP contribution in [0.15, 0.2) is 9.98 Å². The molecule has 2 rings (SSSR count). The van der Waals surface area contributed by atoms with Gasteiger partial charge in [-0.05, 0) is 41.1 Å². The number of ether oxygens (including phenoxy) is 1. The molecule has 0 spiro atoms. The smallest absolute Gasteiger partial charge is 0.308 e. The van der Waals surface area contributed by atoms with Gasteiger partial charge in [-0.1, -0.05) is 6.92 Å². The maximum Gasteiger partial charge on any atom is 0.308 e. The summed E-state index contributed by atoms with van der Waals surface area (Å²) in [5.74, 6) is -0.192. The quantitative estimate of drug-likeness (QED) is 0.845. The minimum atomic E-state index is -0.902. The van der Waals surface area contributed by atoms with Gasteiger partial charge in [-0.3, -0.25) is 4.79 Å². The summed E-state index contributed by atoms with van der Waals surface area (Å²) in [7, 11) is 1.41. The number of aliphatic hydroxyl groups is 1. The van der Waals surface area contributed by atoms with E-state index < -0.39 is 5.60 Å². The Balaban J connectivity index is 2.14. The van der Waals surface area contributed by atoms with E-state index in [2.05, 4.69) is 20.9 Å². The summed E-state index contributed by atoms with van der Waals surface area (Å²) in [4.78, 5) is 15.8. The number of nitrogens with zero attached hydrogens (tertiary/aromatic N) is 1. The molecule has 1 saturated carbocycles. The molecule has 0 bridgehead atoms. The number of carbonyl (C=O) groups excluding carboxylic acids is 1. The molecular formula is C12H16BrNO3S. The van der Waals surface area contributed by atoms with Gasteiger partial charge < -0.3 is 9.84 Å². The molecule has 3 atom stereocenters. The van der Waals surface area contributed by atoms with E-state index in [0.29, 0.717) is 19.3 Å². The molecule has 1 unspecified atom stereocenters. The molecule has 6 heteroatoms. The third-order valence-corrected chi connectivity index (χ3v) is 5.26. The number of hydrogen-bond acceptors (Lipinski definition) is 5. The minimum absolute atomic E-state index is 0.0962. The largest absolute Gasteiger partial charge is 0.469 e. The molecule has 1 aliphatic carbocycles. The molecule has 0 aromatic carbocycles. The second-order valence-corrected chi connectivity index (χ2v) is 7.26. The molecule has 0 aliphatic heterocycles. The second-order valence-electron chi connectivity index (χ2n) is 4.85. The Bertz CT molecular complexity index is 450. The van der Waals surface area contributed by atoms with Crippen molar-refractivity contribution in [2.45, 2.75) is 31.8 Å². The van der Waals surface area contributed by atoms with E-state index in [9.17, 15) is 9.90 Å². The molecule has 1 N–H and O–H groups in total. The fraction of sp³-hybridized carbons (Fsp3) is 0.667. The SMILES string of the molecule is COC(=O)[C@@H]1CCC(O)(c2ncc(Br)s2)C[C@H]1C. The lowest BCUT2D eigenvalue weighted by molar-refractivity contribution is -0.151. The zero-order valence-corrected chi connectivity index (χ0v) is 12.8. The predicted molar refractivity (Wildman–Crippen MR) is 72.2 cm³/mol. The Morgan fingerprint density at radius 1 is 1.72 bits per heavy atom. The van der Waals surface area contributed by atoms with Crippen molar-refractivity contribution in [3.63, 3.8) is 0 Å². The zero-order valence-electron chi connectivity index (χ0n) is 10.4. The molecule has 1 aromatic heterocycles. The lowest BCUT2D eigenvalue weighted by Crippen LogP contribution is -2.39. The first-order valence-electron chi connectivity index (χ1n) is 5.88. The third-order valence-electron chi connectivity index (χ3n) is 3.59. The molecule has 0 radical (unpaired) electrons. The molecule has 1 heterocycles. The number of rotatable bonds is 2. The van der Waals surface area contributed by atoms with Crippen LogP contribution in [0, 0.1) is 11.8 Å². The van der Waals surface area contributed by atoms with E-state index in [0.717, 1.165) is 8.79 Å². The highest BCUT2D eigenvalue weighted by atomic mass is 79.9. The number of carbonyl (C=O) groups is 1. The molecule has 18 heavy (non-hydrogen) atoms. The number of thiazole rings is 1. The van der Waals surface area contributed by atoms with Crippen molar-refractivity contribution in [2.75, 3.05) is 7.11 Å². The Morgan fingerprint density at radius 2 is 2.44 bits per heavy atom. The highest BCUT2D eigenvalue weighted by Gasteiger charge is 2.43. The van der Waals surface area contributed by atoms with Crippen molar-refractivity contribution >= 4 is 33.2 Å². The van der Waals surface area contributed by atoms with Crippen LogP contribution in [-0.4, -0.2) is 23.2 Å². The van der Waals surface area contributed by atoms with Crippen LogP contribution in [0.25, 0.3) is 0 Å². The fourth-order valence-electron chi connectivity index (χ4n) is 2.62. The van der Waals surface area contributed by atoms with Gasteiger partial charge in [-0.15, -0.1) is 11.3 Å². The Kier molecular flexibility index (Phi) is 4.08. The molecule has 4 nitrogen and oxygen atoms in total. The highest BCUT2D eigenvalue weighted by Crippen LogP contribution is 2.44. The fourth-order valence-corrected chi connectivity index (χ4v) is 3.95. The average Bonchev–Trinajstić information content (AvgIpc) is 2.76. The Hall–Kier alpha value is -0.460. The van der Waals surface area contributed by atoms with Gasteiger partial charge in [0.05, 0.1) is 23.0 Å². The second kappa shape index (κ2) is 5.27. The molecule has 0 amide bonds. The van der Waals surface area contributed by atoms with Crippen LogP contribution in [0.3, 0.4) is 0 Å². The van der Waals surface area contributed by atoms with Gasteiger partial charge in [0.25, 0.3) is 0 Å². The monoisotopic (exact) mass is 333 g/mol. The van der Waals surface area contributed by atoms with Crippen molar-refractivity contribution in [1.29, 1.82) is 0 Å². The number of hydrogen-bond donors (Lipinski definition) is 1. The van der Waals surface area contributed by atoms with E-state index in [1.807, 2.05) is 6.92 Å². The Labute approximate surface area is 119 Å². The van der Waals surface area contributed by atoms with Crippen molar-refractivity contribution in [3.05, 3.63) is 15.0 Å². The van der Waals surface area contributed by atoms with Gasteiger partial charge >= 0.3 is 5.97 Å². The number of methoxy groups -OCH3 is 1.